The maximum atomic E-state index is 12.6. The molecule has 0 radical (unpaired) electrons. The van der Waals surface area contributed by atoms with Gasteiger partial charge in [0.05, 0.1) is 0 Å². The van der Waals surface area contributed by atoms with Crippen LogP contribution in [-0.2, 0) is 4.79 Å². The minimum absolute atomic E-state index is 0.277. The van der Waals surface area contributed by atoms with Crippen LogP contribution in [0.5, 0.6) is 0 Å². The Kier molecular flexibility index (Phi) is 2.85. The minimum Gasteiger partial charge on any atom is -0.345 e. The molecular weight excluding hydrogens is 145 g/mol. The summed E-state index contributed by atoms with van der Waals surface area (Å²) in [7, 11) is 1.76. The van der Waals surface area contributed by atoms with Crippen LogP contribution in [0.15, 0.2) is 0 Å². The molecule has 0 heterocycles. The first kappa shape index (κ1) is 8.50. The molecule has 0 N–H and O–H groups in total. The molecule has 3 heteroatoms. The van der Waals surface area contributed by atoms with Crippen molar-refractivity contribution in [1.29, 1.82) is 0 Å². The highest BCUT2D eigenvalue weighted by atomic mass is 19.1. The lowest BCUT2D eigenvalue weighted by Gasteiger charge is -2.29. The monoisotopic (exact) mass is 159 g/mol. The van der Waals surface area contributed by atoms with E-state index in [0.717, 1.165) is 19.3 Å². The Morgan fingerprint density at radius 1 is 1.36 bits per heavy atom. The van der Waals surface area contributed by atoms with Crippen molar-refractivity contribution >= 4 is 6.41 Å². The number of amides is 1. The molecular formula is C8H14FNO. The van der Waals surface area contributed by atoms with Crippen molar-refractivity contribution in [2.75, 3.05) is 7.05 Å². The molecule has 0 aromatic heterocycles. The van der Waals surface area contributed by atoms with E-state index in [-0.39, 0.29) is 6.04 Å². The van der Waals surface area contributed by atoms with Crippen molar-refractivity contribution in [2.45, 2.75) is 37.9 Å². The number of alkyl halides is 1. The average Bonchev–Trinajstić information content (AvgIpc) is 2.05. The van der Waals surface area contributed by atoms with Gasteiger partial charge in [-0.15, -0.1) is 0 Å². The number of carbonyl (C=O) groups excluding carboxylic acids is 1. The normalized spacial score (nSPS) is 31.5. The van der Waals surface area contributed by atoms with E-state index in [1.54, 1.807) is 11.9 Å². The van der Waals surface area contributed by atoms with Crippen LogP contribution in [0.25, 0.3) is 0 Å². The van der Waals surface area contributed by atoms with Crippen LogP contribution in [0.4, 0.5) is 4.39 Å². The van der Waals surface area contributed by atoms with Crippen LogP contribution in [-0.4, -0.2) is 30.6 Å². The van der Waals surface area contributed by atoms with Gasteiger partial charge in [0.2, 0.25) is 6.41 Å². The maximum absolute atomic E-state index is 12.6. The van der Waals surface area contributed by atoms with Crippen LogP contribution >= 0.6 is 0 Å². The van der Waals surface area contributed by atoms with Gasteiger partial charge in [-0.1, -0.05) is 0 Å². The zero-order valence-electron chi connectivity index (χ0n) is 6.79. The van der Waals surface area contributed by atoms with Gasteiger partial charge in [0.15, 0.2) is 0 Å². The third kappa shape index (κ3) is 2.17. The molecule has 0 bridgehead atoms. The Labute approximate surface area is 66.4 Å². The molecule has 0 aromatic carbocycles. The lowest BCUT2D eigenvalue weighted by molar-refractivity contribution is -0.119. The van der Waals surface area contributed by atoms with Gasteiger partial charge in [0.25, 0.3) is 0 Å². The summed E-state index contributed by atoms with van der Waals surface area (Å²) in [4.78, 5) is 12.0. The van der Waals surface area contributed by atoms with E-state index in [1.807, 2.05) is 0 Å². The number of hydrogen-bond donors (Lipinski definition) is 0. The summed E-state index contributed by atoms with van der Waals surface area (Å²) in [6, 6.07) is 0.277. The van der Waals surface area contributed by atoms with Gasteiger partial charge in [0.1, 0.15) is 6.17 Å². The summed E-state index contributed by atoms with van der Waals surface area (Å²) in [5.74, 6) is 0. The van der Waals surface area contributed by atoms with Gasteiger partial charge in [-0.2, -0.15) is 0 Å². The van der Waals surface area contributed by atoms with E-state index < -0.39 is 6.17 Å². The smallest absolute Gasteiger partial charge is 0.209 e. The second-order valence-corrected chi connectivity index (χ2v) is 3.18. The zero-order chi connectivity index (χ0) is 8.27. The molecule has 0 aliphatic heterocycles. The molecule has 1 aliphatic carbocycles. The molecule has 1 fully saturated rings. The summed E-state index contributed by atoms with van der Waals surface area (Å²) in [5.41, 5.74) is 0. The number of rotatable bonds is 2. The fourth-order valence-corrected chi connectivity index (χ4v) is 1.53. The standard InChI is InChI=1S/C8H14FNO/c1-10(6-11)8-4-2-7(9)3-5-8/h6-8H,2-5H2,1H3. The minimum atomic E-state index is -0.633. The molecule has 0 unspecified atom stereocenters. The van der Waals surface area contributed by atoms with E-state index in [4.69, 9.17) is 0 Å². The first-order valence-corrected chi connectivity index (χ1v) is 4.05. The molecule has 64 valence electrons. The molecule has 0 spiro atoms. The highest BCUT2D eigenvalue weighted by molar-refractivity contribution is 5.47. The van der Waals surface area contributed by atoms with Crippen LogP contribution in [0.2, 0.25) is 0 Å². The number of hydrogen-bond acceptors (Lipinski definition) is 1. The van der Waals surface area contributed by atoms with Gasteiger partial charge in [-0.3, -0.25) is 4.79 Å². The molecule has 0 saturated heterocycles. The first-order chi connectivity index (χ1) is 5.24. The van der Waals surface area contributed by atoms with Crippen molar-refractivity contribution in [3.63, 3.8) is 0 Å². The van der Waals surface area contributed by atoms with E-state index in [0.29, 0.717) is 12.8 Å². The van der Waals surface area contributed by atoms with Crippen LogP contribution in [0.1, 0.15) is 25.7 Å². The average molecular weight is 159 g/mol. The van der Waals surface area contributed by atoms with E-state index in [9.17, 15) is 9.18 Å². The number of halogens is 1. The van der Waals surface area contributed by atoms with Crippen molar-refractivity contribution in [3.8, 4) is 0 Å². The Morgan fingerprint density at radius 2 is 1.91 bits per heavy atom. The summed E-state index contributed by atoms with van der Waals surface area (Å²) in [6.45, 7) is 0. The van der Waals surface area contributed by atoms with Crippen LogP contribution in [0.3, 0.4) is 0 Å². The molecule has 1 saturated carbocycles. The highest BCUT2D eigenvalue weighted by Crippen LogP contribution is 2.23. The molecule has 1 amide bonds. The first-order valence-electron chi connectivity index (χ1n) is 4.05. The lowest BCUT2D eigenvalue weighted by Crippen LogP contribution is -2.34. The van der Waals surface area contributed by atoms with Crippen molar-refractivity contribution < 1.29 is 9.18 Å². The second-order valence-electron chi connectivity index (χ2n) is 3.18. The van der Waals surface area contributed by atoms with E-state index in [2.05, 4.69) is 0 Å². The van der Waals surface area contributed by atoms with E-state index >= 15 is 0 Å². The third-order valence-electron chi connectivity index (χ3n) is 2.37. The Bertz CT molecular complexity index is 132. The zero-order valence-corrected chi connectivity index (χ0v) is 6.79. The SMILES string of the molecule is CN(C=O)C1CCC(F)CC1. The summed E-state index contributed by atoms with van der Waals surface area (Å²) in [6.07, 6.45) is 3.05. The van der Waals surface area contributed by atoms with Crippen LogP contribution < -0.4 is 0 Å². The van der Waals surface area contributed by atoms with Gasteiger partial charge >= 0.3 is 0 Å². The second kappa shape index (κ2) is 3.69. The Hall–Kier alpha value is -0.600. The Morgan fingerprint density at radius 3 is 2.36 bits per heavy atom. The summed E-state index contributed by atoms with van der Waals surface area (Å²) < 4.78 is 12.6. The number of nitrogens with zero attached hydrogens (tertiary/aromatic N) is 1. The summed E-state index contributed by atoms with van der Waals surface area (Å²) in [5, 5.41) is 0. The largest absolute Gasteiger partial charge is 0.345 e. The maximum Gasteiger partial charge on any atom is 0.209 e. The predicted octanol–water partition coefficient (Wildman–Crippen LogP) is 1.36. The van der Waals surface area contributed by atoms with Gasteiger partial charge in [0, 0.05) is 13.1 Å². The molecule has 1 aliphatic rings. The quantitative estimate of drug-likeness (QED) is 0.557. The third-order valence-corrected chi connectivity index (χ3v) is 2.37. The van der Waals surface area contributed by atoms with E-state index in [1.165, 1.54) is 0 Å². The number of carbonyl (C=O) groups is 1. The van der Waals surface area contributed by atoms with Crippen molar-refractivity contribution in [1.82, 2.24) is 4.90 Å². The molecule has 11 heavy (non-hydrogen) atoms. The molecule has 0 atom stereocenters. The fraction of sp³-hybridized carbons (Fsp3) is 0.875. The van der Waals surface area contributed by atoms with Crippen LogP contribution in [0, 0.1) is 0 Å². The lowest BCUT2D eigenvalue weighted by atomic mass is 9.93. The predicted molar refractivity (Wildman–Crippen MR) is 41.0 cm³/mol. The fourth-order valence-electron chi connectivity index (χ4n) is 1.53. The molecule has 2 nitrogen and oxygen atoms in total. The molecule has 1 rings (SSSR count). The highest BCUT2D eigenvalue weighted by Gasteiger charge is 2.22. The molecule has 0 aromatic rings. The van der Waals surface area contributed by atoms with Gasteiger partial charge < -0.3 is 4.90 Å². The van der Waals surface area contributed by atoms with Gasteiger partial charge in [-0.25, -0.2) is 4.39 Å². The summed E-state index contributed by atoms with van der Waals surface area (Å²) >= 11 is 0. The van der Waals surface area contributed by atoms with Gasteiger partial charge in [-0.05, 0) is 25.7 Å². The van der Waals surface area contributed by atoms with Crippen molar-refractivity contribution in [2.24, 2.45) is 0 Å². The van der Waals surface area contributed by atoms with Crippen molar-refractivity contribution in [3.05, 3.63) is 0 Å². The Balaban J connectivity index is 2.32. The topological polar surface area (TPSA) is 20.3 Å².